The van der Waals surface area contributed by atoms with Crippen LogP contribution in [0.3, 0.4) is 0 Å². The van der Waals surface area contributed by atoms with Gasteiger partial charge in [-0.25, -0.2) is 4.79 Å². The highest BCUT2D eigenvalue weighted by Crippen LogP contribution is 2.04. The van der Waals surface area contributed by atoms with Gasteiger partial charge in [0.2, 0.25) is 0 Å². The Morgan fingerprint density at radius 3 is 2.43 bits per heavy atom. The van der Waals surface area contributed by atoms with Gasteiger partial charge < -0.3 is 9.47 Å². The third-order valence-electron chi connectivity index (χ3n) is 1.46. The molecule has 0 aliphatic rings. The molecule has 0 unspecified atom stereocenters. The third kappa shape index (κ3) is 5.64. The molecule has 0 aliphatic carbocycles. The zero-order valence-electron chi connectivity index (χ0n) is 8.53. The highest BCUT2D eigenvalue weighted by Gasteiger charge is 2.02. The molecule has 0 amide bonds. The van der Waals surface area contributed by atoms with Gasteiger partial charge in [0.15, 0.2) is 0 Å². The number of rotatable bonds is 5. The van der Waals surface area contributed by atoms with Crippen molar-refractivity contribution < 1.29 is 19.1 Å². The zero-order valence-corrected chi connectivity index (χ0v) is 9.35. The van der Waals surface area contributed by atoms with Crippen molar-refractivity contribution in [3.05, 3.63) is 11.6 Å². The number of methoxy groups -OCH3 is 2. The fourth-order valence-electron chi connectivity index (χ4n) is 0.629. The van der Waals surface area contributed by atoms with E-state index < -0.39 is 0 Å². The monoisotopic (exact) mass is 218 g/mol. The minimum absolute atomic E-state index is 0.265. The summed E-state index contributed by atoms with van der Waals surface area (Å²) in [5.41, 5.74) is 0.546. The summed E-state index contributed by atoms with van der Waals surface area (Å²) in [4.78, 5) is 21.6. The standard InChI is InChI=1S/C9H14O4S/c1-7(9(11)13-3)4-5-14-6-8(10)12-2/h4H,5-6H2,1-3H3. The smallest absolute Gasteiger partial charge is 0.333 e. The summed E-state index contributed by atoms with van der Waals surface area (Å²) in [5, 5.41) is 0. The third-order valence-corrected chi connectivity index (χ3v) is 2.30. The minimum Gasteiger partial charge on any atom is -0.468 e. The van der Waals surface area contributed by atoms with Crippen LogP contribution in [0.4, 0.5) is 0 Å². The summed E-state index contributed by atoms with van der Waals surface area (Å²) in [7, 11) is 2.68. The van der Waals surface area contributed by atoms with E-state index in [1.54, 1.807) is 13.0 Å². The van der Waals surface area contributed by atoms with E-state index in [1.165, 1.54) is 26.0 Å². The number of ether oxygens (including phenoxy) is 2. The number of carbonyl (C=O) groups excluding carboxylic acids is 2. The molecule has 0 fully saturated rings. The maximum atomic E-state index is 10.9. The van der Waals surface area contributed by atoms with Gasteiger partial charge in [-0.3, -0.25) is 4.79 Å². The van der Waals surface area contributed by atoms with Gasteiger partial charge in [-0.1, -0.05) is 6.08 Å². The van der Waals surface area contributed by atoms with E-state index in [2.05, 4.69) is 9.47 Å². The van der Waals surface area contributed by atoms with Crippen molar-refractivity contribution in [1.82, 2.24) is 0 Å². The number of thioether (sulfide) groups is 1. The second-order valence-corrected chi connectivity index (χ2v) is 3.50. The summed E-state index contributed by atoms with van der Waals surface area (Å²) in [6, 6.07) is 0. The average molecular weight is 218 g/mol. The van der Waals surface area contributed by atoms with Gasteiger partial charge in [0.05, 0.1) is 20.0 Å². The van der Waals surface area contributed by atoms with Gasteiger partial charge >= 0.3 is 11.9 Å². The van der Waals surface area contributed by atoms with Crippen molar-refractivity contribution in [1.29, 1.82) is 0 Å². The maximum absolute atomic E-state index is 10.9. The molecule has 0 bridgehead atoms. The van der Waals surface area contributed by atoms with E-state index in [1.807, 2.05) is 0 Å². The summed E-state index contributed by atoms with van der Waals surface area (Å²) >= 11 is 1.38. The number of carbonyl (C=O) groups is 2. The van der Waals surface area contributed by atoms with Gasteiger partial charge in [0, 0.05) is 11.3 Å². The number of esters is 2. The minimum atomic E-state index is -0.344. The molecule has 0 saturated heterocycles. The highest BCUT2D eigenvalue weighted by atomic mass is 32.2. The van der Waals surface area contributed by atoms with Crippen molar-refractivity contribution in [3.8, 4) is 0 Å². The molecule has 5 heteroatoms. The molecule has 0 atom stereocenters. The molecule has 0 saturated carbocycles. The Bertz CT molecular complexity index is 235. The first-order valence-electron chi connectivity index (χ1n) is 4.01. The summed E-state index contributed by atoms with van der Waals surface area (Å²) in [5.74, 6) is 0.278. The molecule has 80 valence electrons. The van der Waals surface area contributed by atoms with Gasteiger partial charge in [-0.05, 0) is 6.92 Å². The van der Waals surface area contributed by atoms with Crippen LogP contribution < -0.4 is 0 Å². The lowest BCUT2D eigenvalue weighted by molar-refractivity contribution is -0.137. The van der Waals surface area contributed by atoms with E-state index in [-0.39, 0.29) is 11.9 Å². The number of hydrogen-bond donors (Lipinski definition) is 0. The van der Waals surface area contributed by atoms with Gasteiger partial charge in [0.25, 0.3) is 0 Å². The summed E-state index contributed by atoms with van der Waals surface area (Å²) < 4.78 is 8.96. The first-order chi connectivity index (χ1) is 6.61. The molecule has 0 aromatic carbocycles. The predicted octanol–water partition coefficient (Wildman–Crippen LogP) is 1.01. The maximum Gasteiger partial charge on any atom is 0.333 e. The van der Waals surface area contributed by atoms with Crippen molar-refractivity contribution in [2.75, 3.05) is 25.7 Å². The van der Waals surface area contributed by atoms with Crippen LogP contribution in [-0.2, 0) is 19.1 Å². The molecule has 0 radical (unpaired) electrons. The van der Waals surface area contributed by atoms with Crippen LogP contribution in [0.5, 0.6) is 0 Å². The topological polar surface area (TPSA) is 52.6 Å². The Morgan fingerprint density at radius 2 is 1.93 bits per heavy atom. The lowest BCUT2D eigenvalue weighted by Gasteiger charge is -1.99. The largest absolute Gasteiger partial charge is 0.468 e. The van der Waals surface area contributed by atoms with Crippen LogP contribution in [0.25, 0.3) is 0 Å². The second-order valence-electron chi connectivity index (χ2n) is 2.47. The fraction of sp³-hybridized carbons (Fsp3) is 0.556. The van der Waals surface area contributed by atoms with Crippen LogP contribution in [0.15, 0.2) is 11.6 Å². The van der Waals surface area contributed by atoms with Crippen molar-refractivity contribution in [2.45, 2.75) is 6.92 Å². The van der Waals surface area contributed by atoms with E-state index >= 15 is 0 Å². The SMILES string of the molecule is COC(=O)CSCC=C(C)C(=O)OC. The normalized spacial score (nSPS) is 10.9. The van der Waals surface area contributed by atoms with E-state index in [4.69, 9.17) is 0 Å². The van der Waals surface area contributed by atoms with Crippen molar-refractivity contribution in [2.24, 2.45) is 0 Å². The molecule has 0 aromatic rings. The first kappa shape index (κ1) is 13.0. The Balaban J connectivity index is 3.71. The van der Waals surface area contributed by atoms with Gasteiger partial charge in [0.1, 0.15) is 0 Å². The molecule has 4 nitrogen and oxygen atoms in total. The highest BCUT2D eigenvalue weighted by molar-refractivity contribution is 8.00. The van der Waals surface area contributed by atoms with E-state index in [0.717, 1.165) is 0 Å². The van der Waals surface area contributed by atoms with E-state index in [0.29, 0.717) is 17.1 Å². The Hall–Kier alpha value is -0.970. The molecule has 0 spiro atoms. The Morgan fingerprint density at radius 1 is 1.29 bits per heavy atom. The van der Waals surface area contributed by atoms with Crippen molar-refractivity contribution >= 4 is 23.7 Å². The van der Waals surface area contributed by atoms with Crippen LogP contribution in [0.2, 0.25) is 0 Å². The molecule has 0 heterocycles. The van der Waals surface area contributed by atoms with Gasteiger partial charge in [-0.2, -0.15) is 0 Å². The van der Waals surface area contributed by atoms with Crippen LogP contribution in [-0.4, -0.2) is 37.7 Å². The number of hydrogen-bond acceptors (Lipinski definition) is 5. The molecular formula is C9H14O4S. The van der Waals surface area contributed by atoms with Crippen LogP contribution in [0.1, 0.15) is 6.92 Å². The zero-order chi connectivity index (χ0) is 11.0. The first-order valence-corrected chi connectivity index (χ1v) is 5.17. The van der Waals surface area contributed by atoms with Crippen molar-refractivity contribution in [3.63, 3.8) is 0 Å². The summed E-state index contributed by atoms with van der Waals surface area (Å²) in [6.07, 6.45) is 1.72. The Labute approximate surface area is 87.6 Å². The lowest BCUT2D eigenvalue weighted by Crippen LogP contribution is -2.04. The molecule has 14 heavy (non-hydrogen) atoms. The fourth-order valence-corrected chi connectivity index (χ4v) is 1.40. The predicted molar refractivity (Wildman–Crippen MR) is 55.1 cm³/mol. The van der Waals surface area contributed by atoms with Crippen LogP contribution >= 0.6 is 11.8 Å². The molecule has 0 aromatic heterocycles. The Kier molecular flexibility index (Phi) is 6.92. The quantitative estimate of drug-likeness (QED) is 0.391. The van der Waals surface area contributed by atoms with Crippen LogP contribution in [0, 0.1) is 0 Å². The molecule has 0 N–H and O–H groups in total. The molecule has 0 rings (SSSR count). The van der Waals surface area contributed by atoms with E-state index in [9.17, 15) is 9.59 Å². The lowest BCUT2D eigenvalue weighted by atomic mass is 10.3. The van der Waals surface area contributed by atoms with Gasteiger partial charge in [-0.15, -0.1) is 11.8 Å². The molecule has 0 aliphatic heterocycles. The summed E-state index contributed by atoms with van der Waals surface area (Å²) in [6.45, 7) is 1.67. The molecular weight excluding hydrogens is 204 g/mol. The average Bonchev–Trinajstić information content (AvgIpc) is 2.22. The second kappa shape index (κ2) is 7.44.